The van der Waals surface area contributed by atoms with Crippen LogP contribution in [0.5, 0.6) is 34.5 Å². The number of aryl methyl sites for hydroxylation is 4. The van der Waals surface area contributed by atoms with Gasteiger partial charge in [0.25, 0.3) is 44.5 Å². The first-order valence-electron chi connectivity index (χ1n) is 29.5. The van der Waals surface area contributed by atoms with Crippen molar-refractivity contribution in [1.29, 1.82) is 0 Å². The van der Waals surface area contributed by atoms with Crippen LogP contribution >= 0.6 is 0 Å². The second-order valence-electron chi connectivity index (χ2n) is 23.5. The number of rotatable bonds is 10. The van der Waals surface area contributed by atoms with Crippen LogP contribution in [-0.4, -0.2) is 18.3 Å². The Morgan fingerprint density at radius 1 is 0.274 bits per heavy atom. The third-order valence-electron chi connectivity index (χ3n) is 17.1. The fraction of sp³-hybridized carbons (Fsp3) is 0.114. The molecule has 0 bridgehead atoms. The number of nitrogens with zero attached hydrogens (tertiary/aromatic N) is 4. The van der Waals surface area contributed by atoms with Crippen molar-refractivity contribution in [2.45, 2.75) is 40.0 Å². The highest BCUT2D eigenvalue weighted by atomic mass is 19.4. The summed E-state index contributed by atoms with van der Waals surface area (Å²) in [6, 6.07) is 14.2. The molecule has 13 aromatic rings. The molecule has 0 atom stereocenters. The molecule has 0 amide bonds. The van der Waals surface area contributed by atoms with Gasteiger partial charge < -0.3 is 14.2 Å². The molecule has 4 heterocycles. The molecule has 0 radical (unpaired) electrons. The average molecular weight is 1500 g/mol. The number of halogens is 21. The van der Waals surface area contributed by atoms with Crippen LogP contribution in [0.2, 0.25) is 0 Å². The lowest BCUT2D eigenvalue weighted by molar-refractivity contribution is -0.137. The number of benzene rings is 9. The number of fused-ring (bicyclic) bond motifs is 4. The van der Waals surface area contributed by atoms with Crippen LogP contribution in [0.1, 0.15) is 33.4 Å². The molecule has 0 fully saturated rings. The lowest BCUT2D eigenvalue weighted by Gasteiger charge is -2.16. The monoisotopic (exact) mass is 1500 g/mol. The van der Waals surface area contributed by atoms with Gasteiger partial charge in [-0.3, -0.25) is 47.5 Å². The first-order valence-corrected chi connectivity index (χ1v) is 29.5. The van der Waals surface area contributed by atoms with Gasteiger partial charge in [-0.15, -0.1) is 0 Å². The molecule has 0 N–H and O–H groups in total. The SMILES string of the molecule is Cc1ccc(-c2ccc(-n3c(=O)c4c(Oc5c(F)c(F)c(F)c(F)c5F)c5c(=O)n(C)c(=O)c5c(Oc5c(F)c(F)c(F)c(F)c5F)c4c3=O)cc2C(F)(F)F)c(C)c1.Cc1ccc(-c2ccc(-n3c(=O)c4cc5c(=O)n(C)c(=O)c5c(Oc5c(F)c(F)c(F)c(F)c5F)c4c3=O)cc2C(F)(F)F)c(C)c1. The Bertz CT molecular complexity index is 6330. The molecule has 9 aromatic carbocycles. The highest BCUT2D eigenvalue weighted by molar-refractivity contribution is 6.11. The predicted molar refractivity (Wildman–Crippen MR) is 333 cm³/mol. The summed E-state index contributed by atoms with van der Waals surface area (Å²) < 4.78 is 319. The van der Waals surface area contributed by atoms with Crippen molar-refractivity contribution < 1.29 is 106 Å². The Hall–Kier alpha value is -12.5. The summed E-state index contributed by atoms with van der Waals surface area (Å²) in [5.74, 6) is -50.7. The largest absolute Gasteiger partial charge is 0.449 e. The van der Waals surface area contributed by atoms with E-state index >= 15 is 17.6 Å². The van der Waals surface area contributed by atoms with Gasteiger partial charge in [0.1, 0.15) is 21.5 Å². The maximum Gasteiger partial charge on any atom is 0.417 e. The molecular weight excluding hydrogens is 1470 g/mol. The minimum atomic E-state index is -5.26. The van der Waals surface area contributed by atoms with E-state index in [0.717, 1.165) is 42.9 Å². The Morgan fingerprint density at radius 2 is 0.528 bits per heavy atom. The van der Waals surface area contributed by atoms with E-state index in [-0.39, 0.29) is 36.5 Å². The van der Waals surface area contributed by atoms with Gasteiger partial charge in [-0.2, -0.15) is 52.7 Å². The summed E-state index contributed by atoms with van der Waals surface area (Å²) in [6.07, 6.45) is -10.3. The summed E-state index contributed by atoms with van der Waals surface area (Å²) in [7, 11) is 1.61. The number of aromatic nitrogens is 4. The van der Waals surface area contributed by atoms with E-state index in [1.165, 1.54) is 31.2 Å². The highest BCUT2D eigenvalue weighted by Crippen LogP contribution is 2.47. The molecule has 0 saturated heterocycles. The lowest BCUT2D eigenvalue weighted by Crippen LogP contribution is -2.24. The van der Waals surface area contributed by atoms with E-state index in [1.807, 2.05) is 0 Å². The zero-order valence-electron chi connectivity index (χ0n) is 53.2. The summed E-state index contributed by atoms with van der Waals surface area (Å²) in [6.45, 7) is 6.45. The van der Waals surface area contributed by atoms with E-state index in [0.29, 0.717) is 34.4 Å². The molecule has 4 aromatic heterocycles. The molecule has 106 heavy (non-hydrogen) atoms. The third-order valence-corrected chi connectivity index (χ3v) is 17.1. The topological polar surface area (TPSA) is 184 Å². The Labute approximate surface area is 570 Å². The minimum Gasteiger partial charge on any atom is -0.449 e. The zero-order valence-corrected chi connectivity index (χ0v) is 53.2. The molecule has 15 nitrogen and oxygen atoms in total. The van der Waals surface area contributed by atoms with Crippen LogP contribution in [-0.2, 0) is 26.4 Å². The first kappa shape index (κ1) is 73.2. The molecule has 13 rings (SSSR count). The smallest absolute Gasteiger partial charge is 0.417 e. The highest BCUT2D eigenvalue weighted by Gasteiger charge is 2.41. The normalized spacial score (nSPS) is 12.0. The van der Waals surface area contributed by atoms with Gasteiger partial charge in [-0.1, -0.05) is 59.7 Å². The van der Waals surface area contributed by atoms with Crippen molar-refractivity contribution in [2.75, 3.05) is 0 Å². The Kier molecular flexibility index (Phi) is 17.6. The second-order valence-corrected chi connectivity index (χ2v) is 23.5. The van der Waals surface area contributed by atoms with Crippen LogP contribution in [0.25, 0.3) is 76.7 Å². The van der Waals surface area contributed by atoms with E-state index in [1.54, 1.807) is 32.9 Å². The fourth-order valence-electron chi connectivity index (χ4n) is 12.1. The van der Waals surface area contributed by atoms with Gasteiger partial charge in [0.2, 0.25) is 105 Å². The van der Waals surface area contributed by atoms with E-state index in [4.69, 9.17) is 14.2 Å². The molecule has 0 unspecified atom stereocenters. The number of hydrogen-bond acceptors (Lipinski definition) is 11. The van der Waals surface area contributed by atoms with Gasteiger partial charge in [0.05, 0.1) is 44.0 Å². The van der Waals surface area contributed by atoms with Crippen molar-refractivity contribution in [3.63, 3.8) is 0 Å². The number of alkyl halides is 6. The van der Waals surface area contributed by atoms with E-state index in [9.17, 15) is 113 Å². The summed E-state index contributed by atoms with van der Waals surface area (Å²) in [4.78, 5) is 109. The van der Waals surface area contributed by atoms with Crippen LogP contribution in [0.15, 0.2) is 117 Å². The minimum absolute atomic E-state index is 0.0198. The molecule has 36 heteroatoms. The first-order chi connectivity index (χ1) is 49.5. The third kappa shape index (κ3) is 11.1. The van der Waals surface area contributed by atoms with Gasteiger partial charge in [-0.05, 0) is 91.4 Å². The quantitative estimate of drug-likeness (QED) is 0.0721. The average Bonchev–Trinajstić information content (AvgIpc) is 1.54. The maximum absolute atomic E-state index is 15.0. The molecule has 0 saturated carbocycles. The predicted octanol–water partition coefficient (Wildman–Crippen LogP) is 14.9. The van der Waals surface area contributed by atoms with Crippen LogP contribution in [0.4, 0.5) is 92.2 Å². The summed E-state index contributed by atoms with van der Waals surface area (Å²) in [5, 5.41) is -9.33. The number of ether oxygens (including phenoxy) is 3. The van der Waals surface area contributed by atoms with Crippen molar-refractivity contribution in [1.82, 2.24) is 18.3 Å². The van der Waals surface area contributed by atoms with Crippen LogP contribution in [0, 0.1) is 115 Å². The van der Waals surface area contributed by atoms with Crippen molar-refractivity contribution in [3.05, 3.63) is 282 Å². The van der Waals surface area contributed by atoms with Gasteiger partial charge >= 0.3 is 12.4 Å². The van der Waals surface area contributed by atoms with Crippen LogP contribution < -0.4 is 58.7 Å². The van der Waals surface area contributed by atoms with Gasteiger partial charge in [0.15, 0.2) is 17.2 Å². The molecule has 0 aliphatic heterocycles. The standard InChI is InChI=1S/C38H15F13N2O6.C32H16F8N2O5/c1-10-4-6-13(11(2)8-10)14-7-5-12(9-15(14)38(49,50)51)53-36(56)18-19(37(53)57)31(59-33-28(47)24(43)21(40)25(44)29(33)48)17-16(34(54)52(3)35(17)55)30(18)58-32-26(45)22(41)20(39)23(42)27(32)46;1-11-4-6-14(12(2)8-11)15-7-5-13(9-18(15)32(38,39)40)42-29(44)17-10-16-19(30(45)41(3)28(16)43)26(20(17)31(42)46)47-27-24(36)22(34)21(33)23(35)25(27)37/h4-9H,1-3H3;4-10H,1-3H3. The van der Waals surface area contributed by atoms with Crippen molar-refractivity contribution in [3.8, 4) is 68.1 Å². The molecule has 0 spiro atoms. The number of hydrogen-bond donors (Lipinski definition) is 0. The van der Waals surface area contributed by atoms with Crippen molar-refractivity contribution >= 4 is 43.1 Å². The van der Waals surface area contributed by atoms with E-state index < -0.39 is 250 Å². The Balaban J connectivity index is 0.000000204. The summed E-state index contributed by atoms with van der Waals surface area (Å²) in [5.41, 5.74) is -15.1. The second kappa shape index (κ2) is 25.4. The Morgan fingerprint density at radius 3 is 0.858 bits per heavy atom. The van der Waals surface area contributed by atoms with Gasteiger partial charge in [-0.25, -0.2) is 48.6 Å². The molecule has 0 aliphatic carbocycles. The summed E-state index contributed by atoms with van der Waals surface area (Å²) >= 11 is 0. The fourth-order valence-corrected chi connectivity index (χ4v) is 12.1. The lowest BCUT2D eigenvalue weighted by atomic mass is 9.94. The molecule has 0 aliphatic rings. The van der Waals surface area contributed by atoms with Gasteiger partial charge in [0, 0.05) is 14.1 Å². The van der Waals surface area contributed by atoms with E-state index in [2.05, 4.69) is 0 Å². The zero-order chi connectivity index (χ0) is 77.9. The molecule has 544 valence electrons. The van der Waals surface area contributed by atoms with Crippen molar-refractivity contribution in [2.24, 2.45) is 14.1 Å². The van der Waals surface area contributed by atoms with Crippen LogP contribution in [0.3, 0.4) is 0 Å². The molecular formula is C70H31F21N4O11. The maximum atomic E-state index is 15.0.